The van der Waals surface area contributed by atoms with E-state index in [0.29, 0.717) is 13.1 Å². The first-order valence-corrected chi connectivity index (χ1v) is 10.4. The number of carbonyl (C=O) groups is 2. The number of anilines is 1. The molecule has 2 aliphatic rings. The molecule has 1 N–H and O–H groups in total. The Balaban J connectivity index is 1.53. The topological polar surface area (TPSA) is 61.9 Å². The van der Waals surface area contributed by atoms with Crippen LogP contribution in [0.5, 0.6) is 0 Å². The van der Waals surface area contributed by atoms with Crippen molar-refractivity contribution in [1.29, 1.82) is 0 Å². The second kappa shape index (κ2) is 8.71. The zero-order valence-electron chi connectivity index (χ0n) is 16.2. The van der Waals surface area contributed by atoms with Gasteiger partial charge in [0.1, 0.15) is 0 Å². The van der Waals surface area contributed by atoms with Crippen LogP contribution in [-0.4, -0.2) is 61.1 Å². The van der Waals surface area contributed by atoms with Gasteiger partial charge in [0, 0.05) is 43.1 Å². The molecule has 2 saturated heterocycles. The highest BCUT2D eigenvalue weighted by molar-refractivity contribution is 9.10. The number of amides is 2. The van der Waals surface area contributed by atoms with E-state index in [-0.39, 0.29) is 42.4 Å². The summed E-state index contributed by atoms with van der Waals surface area (Å²) in [5.74, 6) is -0.357. The Morgan fingerprint density at radius 3 is 2.59 bits per heavy atom. The maximum absolute atomic E-state index is 12.6. The standard InChI is InChI=1S/C20H28BrN3O3/c1-13(23-10-14(2)27-15(3)11-23)9-22-20(26)16-8-19(25)24(12-16)18-7-5-4-6-17(18)21/h4-7,13-16H,8-12H2,1-3H3,(H,22,26). The average Bonchev–Trinajstić information content (AvgIpc) is 3.00. The number of ether oxygens (including phenoxy) is 1. The predicted molar refractivity (Wildman–Crippen MR) is 109 cm³/mol. The SMILES string of the molecule is CC1CN(C(C)CNC(=O)C2CC(=O)N(c3ccccc3Br)C2)CC(C)O1. The minimum Gasteiger partial charge on any atom is -0.373 e. The highest BCUT2D eigenvalue weighted by Crippen LogP contribution is 2.31. The fourth-order valence-electron chi connectivity index (χ4n) is 3.89. The first-order chi connectivity index (χ1) is 12.8. The summed E-state index contributed by atoms with van der Waals surface area (Å²) in [5.41, 5.74) is 0.822. The normalized spacial score (nSPS) is 27.6. The molecule has 3 rings (SSSR count). The summed E-state index contributed by atoms with van der Waals surface area (Å²) in [6.45, 7) is 9.03. The molecule has 0 saturated carbocycles. The molecule has 1 aromatic rings. The third kappa shape index (κ3) is 4.89. The van der Waals surface area contributed by atoms with Crippen LogP contribution >= 0.6 is 15.9 Å². The molecular formula is C20H28BrN3O3. The van der Waals surface area contributed by atoms with Crippen molar-refractivity contribution in [2.45, 2.75) is 45.4 Å². The number of carbonyl (C=O) groups excluding carboxylic acids is 2. The molecule has 0 aliphatic carbocycles. The van der Waals surface area contributed by atoms with Gasteiger partial charge in [-0.3, -0.25) is 14.5 Å². The first kappa shape index (κ1) is 20.3. The number of halogens is 1. The minimum atomic E-state index is -0.306. The Labute approximate surface area is 169 Å². The van der Waals surface area contributed by atoms with E-state index in [9.17, 15) is 9.59 Å². The van der Waals surface area contributed by atoms with Gasteiger partial charge in [-0.05, 0) is 48.8 Å². The third-order valence-corrected chi connectivity index (χ3v) is 5.95. The van der Waals surface area contributed by atoms with Gasteiger partial charge in [0.25, 0.3) is 0 Å². The second-order valence-corrected chi connectivity index (χ2v) is 8.52. The lowest BCUT2D eigenvalue weighted by atomic mass is 10.1. The molecule has 2 fully saturated rings. The van der Waals surface area contributed by atoms with Crippen molar-refractivity contribution < 1.29 is 14.3 Å². The number of hydrogen-bond acceptors (Lipinski definition) is 4. The maximum Gasteiger partial charge on any atom is 0.227 e. The highest BCUT2D eigenvalue weighted by atomic mass is 79.9. The molecule has 4 atom stereocenters. The van der Waals surface area contributed by atoms with E-state index in [0.717, 1.165) is 23.2 Å². The monoisotopic (exact) mass is 437 g/mol. The molecule has 4 unspecified atom stereocenters. The highest BCUT2D eigenvalue weighted by Gasteiger charge is 2.36. The Kier molecular flexibility index (Phi) is 6.55. The second-order valence-electron chi connectivity index (χ2n) is 7.66. The zero-order valence-corrected chi connectivity index (χ0v) is 17.7. The van der Waals surface area contributed by atoms with Crippen molar-refractivity contribution in [3.05, 3.63) is 28.7 Å². The number of benzene rings is 1. The molecule has 0 spiro atoms. The van der Waals surface area contributed by atoms with Crippen LogP contribution in [0.15, 0.2) is 28.7 Å². The summed E-state index contributed by atoms with van der Waals surface area (Å²) in [4.78, 5) is 29.1. The van der Waals surface area contributed by atoms with Gasteiger partial charge in [-0.25, -0.2) is 0 Å². The number of hydrogen-bond donors (Lipinski definition) is 1. The van der Waals surface area contributed by atoms with Crippen LogP contribution in [0, 0.1) is 5.92 Å². The number of nitrogens with one attached hydrogen (secondary N) is 1. The number of rotatable bonds is 5. The lowest BCUT2D eigenvalue weighted by Crippen LogP contribution is -2.52. The van der Waals surface area contributed by atoms with Gasteiger partial charge < -0.3 is 15.0 Å². The Morgan fingerprint density at radius 1 is 1.26 bits per heavy atom. The van der Waals surface area contributed by atoms with Gasteiger partial charge in [-0.2, -0.15) is 0 Å². The summed E-state index contributed by atoms with van der Waals surface area (Å²) < 4.78 is 6.64. The van der Waals surface area contributed by atoms with E-state index in [4.69, 9.17) is 4.74 Å². The van der Waals surface area contributed by atoms with Crippen molar-refractivity contribution in [1.82, 2.24) is 10.2 Å². The third-order valence-electron chi connectivity index (χ3n) is 5.28. The molecular weight excluding hydrogens is 410 g/mol. The Morgan fingerprint density at radius 2 is 1.93 bits per heavy atom. The molecule has 7 heteroatoms. The van der Waals surface area contributed by atoms with Gasteiger partial charge in [0.05, 0.1) is 23.8 Å². The van der Waals surface area contributed by atoms with Gasteiger partial charge in [-0.15, -0.1) is 0 Å². The van der Waals surface area contributed by atoms with Gasteiger partial charge in [0.2, 0.25) is 11.8 Å². The van der Waals surface area contributed by atoms with E-state index in [2.05, 4.69) is 46.9 Å². The van der Waals surface area contributed by atoms with Gasteiger partial charge in [-0.1, -0.05) is 12.1 Å². The van der Waals surface area contributed by atoms with E-state index < -0.39 is 0 Å². The largest absolute Gasteiger partial charge is 0.373 e. The molecule has 1 aromatic carbocycles. The quantitative estimate of drug-likeness (QED) is 0.767. The lowest BCUT2D eigenvalue weighted by Gasteiger charge is -2.39. The summed E-state index contributed by atoms with van der Waals surface area (Å²) in [6, 6.07) is 7.84. The van der Waals surface area contributed by atoms with Crippen LogP contribution in [0.3, 0.4) is 0 Å². The smallest absolute Gasteiger partial charge is 0.227 e. The fourth-order valence-corrected chi connectivity index (χ4v) is 4.38. The average molecular weight is 438 g/mol. The predicted octanol–water partition coefficient (Wildman–Crippen LogP) is 2.42. The van der Waals surface area contributed by atoms with Crippen molar-refractivity contribution in [2.75, 3.05) is 31.1 Å². The van der Waals surface area contributed by atoms with Crippen LogP contribution < -0.4 is 10.2 Å². The molecule has 148 valence electrons. The maximum atomic E-state index is 12.6. The van der Waals surface area contributed by atoms with Gasteiger partial charge >= 0.3 is 0 Å². The molecule has 0 bridgehead atoms. The molecule has 2 aliphatic heterocycles. The number of para-hydroxylation sites is 1. The molecule has 2 amide bonds. The molecule has 0 radical (unpaired) electrons. The van der Waals surface area contributed by atoms with Crippen LogP contribution in [0.2, 0.25) is 0 Å². The zero-order chi connectivity index (χ0) is 19.6. The van der Waals surface area contributed by atoms with Crippen molar-refractivity contribution in [3.63, 3.8) is 0 Å². The van der Waals surface area contributed by atoms with Crippen molar-refractivity contribution in [3.8, 4) is 0 Å². The number of nitrogens with zero attached hydrogens (tertiary/aromatic N) is 2. The van der Waals surface area contributed by atoms with Crippen LogP contribution in [0.4, 0.5) is 5.69 Å². The lowest BCUT2D eigenvalue weighted by molar-refractivity contribution is -0.126. The van der Waals surface area contributed by atoms with Crippen molar-refractivity contribution in [2.24, 2.45) is 5.92 Å². The molecule has 6 nitrogen and oxygen atoms in total. The summed E-state index contributed by atoms with van der Waals surface area (Å²) in [7, 11) is 0. The van der Waals surface area contributed by atoms with Crippen LogP contribution in [0.25, 0.3) is 0 Å². The van der Waals surface area contributed by atoms with Crippen molar-refractivity contribution >= 4 is 33.4 Å². The summed E-state index contributed by atoms with van der Waals surface area (Å²) in [5, 5.41) is 3.05. The summed E-state index contributed by atoms with van der Waals surface area (Å²) in [6.07, 6.45) is 0.669. The molecule has 0 aromatic heterocycles. The van der Waals surface area contributed by atoms with E-state index in [1.54, 1.807) is 4.90 Å². The van der Waals surface area contributed by atoms with Crippen LogP contribution in [0.1, 0.15) is 27.2 Å². The van der Waals surface area contributed by atoms with E-state index >= 15 is 0 Å². The molecule has 27 heavy (non-hydrogen) atoms. The van der Waals surface area contributed by atoms with E-state index in [1.165, 1.54) is 0 Å². The minimum absolute atomic E-state index is 0.00840. The Hall–Kier alpha value is -1.44. The summed E-state index contributed by atoms with van der Waals surface area (Å²) >= 11 is 3.48. The first-order valence-electron chi connectivity index (χ1n) is 9.57. The van der Waals surface area contributed by atoms with Gasteiger partial charge in [0.15, 0.2) is 0 Å². The van der Waals surface area contributed by atoms with Crippen LogP contribution in [-0.2, 0) is 14.3 Å². The Bertz CT molecular complexity index is 689. The number of morpholine rings is 1. The molecule has 2 heterocycles. The fraction of sp³-hybridized carbons (Fsp3) is 0.600. The van der Waals surface area contributed by atoms with E-state index in [1.807, 2.05) is 24.3 Å².